The summed E-state index contributed by atoms with van der Waals surface area (Å²) in [5.41, 5.74) is 3.52. The van der Waals surface area contributed by atoms with Crippen LogP contribution in [0.4, 0.5) is 4.79 Å². The molecule has 0 fully saturated rings. The predicted octanol–water partition coefficient (Wildman–Crippen LogP) is 0.787. The standard InChI is InChI=1S/C9H20N2O3/c1-8(2,3)14-7(12)11-10-6-9(4,5)13/h10,13H,6H2,1-5H3,(H,11,12). The lowest BCUT2D eigenvalue weighted by Crippen LogP contribution is -2.46. The van der Waals surface area contributed by atoms with Crippen molar-refractivity contribution in [2.45, 2.75) is 45.8 Å². The van der Waals surface area contributed by atoms with Gasteiger partial charge < -0.3 is 9.84 Å². The van der Waals surface area contributed by atoms with E-state index in [4.69, 9.17) is 4.74 Å². The van der Waals surface area contributed by atoms with Crippen molar-refractivity contribution in [3.8, 4) is 0 Å². The second-order valence-corrected chi connectivity index (χ2v) is 4.79. The molecule has 0 aliphatic rings. The number of hydrazine groups is 1. The Labute approximate surface area is 84.8 Å². The molecule has 0 aliphatic carbocycles. The molecule has 0 atom stereocenters. The molecule has 1 amide bonds. The largest absolute Gasteiger partial charge is 0.443 e. The average molecular weight is 204 g/mol. The fourth-order valence-electron chi connectivity index (χ4n) is 0.636. The SMILES string of the molecule is CC(C)(O)CNNC(=O)OC(C)(C)C. The molecule has 0 saturated heterocycles. The molecule has 3 N–H and O–H groups in total. The topological polar surface area (TPSA) is 70.6 Å². The van der Waals surface area contributed by atoms with Crippen LogP contribution in [0.2, 0.25) is 0 Å². The third-order valence-corrected chi connectivity index (χ3v) is 1.11. The minimum Gasteiger partial charge on any atom is -0.443 e. The molecule has 0 spiro atoms. The molecule has 0 radical (unpaired) electrons. The lowest BCUT2D eigenvalue weighted by molar-refractivity contribution is 0.0435. The summed E-state index contributed by atoms with van der Waals surface area (Å²) in [7, 11) is 0. The number of aliphatic hydroxyl groups is 1. The number of carbonyl (C=O) groups is 1. The van der Waals surface area contributed by atoms with E-state index in [-0.39, 0.29) is 6.54 Å². The molecule has 5 nitrogen and oxygen atoms in total. The van der Waals surface area contributed by atoms with Gasteiger partial charge in [-0.05, 0) is 34.6 Å². The van der Waals surface area contributed by atoms with E-state index in [9.17, 15) is 9.90 Å². The predicted molar refractivity (Wildman–Crippen MR) is 53.7 cm³/mol. The zero-order valence-electron chi connectivity index (χ0n) is 9.47. The van der Waals surface area contributed by atoms with E-state index >= 15 is 0 Å². The maximum atomic E-state index is 11.1. The van der Waals surface area contributed by atoms with Crippen molar-refractivity contribution in [1.29, 1.82) is 0 Å². The molecule has 0 unspecified atom stereocenters. The van der Waals surface area contributed by atoms with E-state index in [1.807, 2.05) is 0 Å². The van der Waals surface area contributed by atoms with Gasteiger partial charge in [0.05, 0.1) is 5.60 Å². The van der Waals surface area contributed by atoms with Crippen LogP contribution in [0.25, 0.3) is 0 Å². The van der Waals surface area contributed by atoms with E-state index < -0.39 is 17.3 Å². The van der Waals surface area contributed by atoms with Crippen LogP contribution < -0.4 is 10.9 Å². The summed E-state index contributed by atoms with van der Waals surface area (Å²) in [6, 6.07) is 0. The van der Waals surface area contributed by atoms with E-state index in [2.05, 4.69) is 10.9 Å². The number of carbonyl (C=O) groups excluding carboxylic acids is 1. The Morgan fingerprint density at radius 3 is 2.14 bits per heavy atom. The first-order valence-corrected chi connectivity index (χ1v) is 4.54. The Balaban J connectivity index is 3.66. The molecule has 0 saturated carbocycles. The van der Waals surface area contributed by atoms with Crippen LogP contribution in [-0.2, 0) is 4.74 Å². The third-order valence-electron chi connectivity index (χ3n) is 1.11. The van der Waals surface area contributed by atoms with Gasteiger partial charge in [-0.1, -0.05) is 0 Å². The molecule has 5 heteroatoms. The van der Waals surface area contributed by atoms with Gasteiger partial charge in [-0.25, -0.2) is 10.2 Å². The smallest absolute Gasteiger partial charge is 0.422 e. The Morgan fingerprint density at radius 2 is 1.79 bits per heavy atom. The second-order valence-electron chi connectivity index (χ2n) is 4.79. The Kier molecular flexibility index (Phi) is 4.35. The van der Waals surface area contributed by atoms with Gasteiger partial charge in [0.1, 0.15) is 5.60 Å². The maximum Gasteiger partial charge on any atom is 0.422 e. The van der Waals surface area contributed by atoms with E-state index in [0.717, 1.165) is 0 Å². The first-order chi connectivity index (χ1) is 6.10. The Hall–Kier alpha value is -0.810. The van der Waals surface area contributed by atoms with E-state index in [1.165, 1.54) is 0 Å². The lowest BCUT2D eigenvalue weighted by atomic mass is 10.1. The first kappa shape index (κ1) is 13.2. The van der Waals surface area contributed by atoms with Gasteiger partial charge in [0.15, 0.2) is 0 Å². The third kappa shape index (κ3) is 9.28. The molecule has 0 aromatic carbocycles. The highest BCUT2D eigenvalue weighted by Crippen LogP contribution is 2.05. The lowest BCUT2D eigenvalue weighted by Gasteiger charge is -2.21. The number of ether oxygens (including phenoxy) is 1. The van der Waals surface area contributed by atoms with Crippen LogP contribution in [0.1, 0.15) is 34.6 Å². The summed E-state index contributed by atoms with van der Waals surface area (Å²) in [6.45, 7) is 8.87. The summed E-state index contributed by atoms with van der Waals surface area (Å²) in [5, 5.41) is 9.31. The normalized spacial score (nSPS) is 12.4. The number of nitrogens with one attached hydrogen (secondary N) is 2. The van der Waals surface area contributed by atoms with Gasteiger partial charge >= 0.3 is 6.09 Å². The van der Waals surface area contributed by atoms with Crippen molar-refractivity contribution in [1.82, 2.24) is 10.9 Å². The molecule has 0 aromatic rings. The van der Waals surface area contributed by atoms with Crippen LogP contribution >= 0.6 is 0 Å². The van der Waals surface area contributed by atoms with E-state index in [1.54, 1.807) is 34.6 Å². The quantitative estimate of drug-likeness (QED) is 0.594. The summed E-state index contributed by atoms with van der Waals surface area (Å²) in [5.74, 6) is 0. The van der Waals surface area contributed by atoms with Gasteiger partial charge in [0, 0.05) is 6.54 Å². The zero-order valence-corrected chi connectivity index (χ0v) is 9.47. The number of rotatable bonds is 3. The number of hydrogen-bond donors (Lipinski definition) is 3. The zero-order chi connectivity index (χ0) is 11.4. The highest BCUT2D eigenvalue weighted by molar-refractivity contribution is 5.66. The molecule has 0 heterocycles. The van der Waals surface area contributed by atoms with Crippen LogP contribution in [-0.4, -0.2) is 28.9 Å². The van der Waals surface area contributed by atoms with Gasteiger partial charge in [0.25, 0.3) is 0 Å². The van der Waals surface area contributed by atoms with Crippen molar-refractivity contribution in [2.75, 3.05) is 6.54 Å². The Morgan fingerprint density at radius 1 is 1.29 bits per heavy atom. The summed E-state index contributed by atoms with van der Waals surface area (Å²) >= 11 is 0. The van der Waals surface area contributed by atoms with Gasteiger partial charge in [-0.2, -0.15) is 0 Å². The average Bonchev–Trinajstić information content (AvgIpc) is 1.78. The van der Waals surface area contributed by atoms with Crippen LogP contribution in [0.3, 0.4) is 0 Å². The van der Waals surface area contributed by atoms with Gasteiger partial charge in [0.2, 0.25) is 0 Å². The molecule has 0 aliphatic heterocycles. The molecular formula is C9H20N2O3. The second kappa shape index (κ2) is 4.61. The van der Waals surface area contributed by atoms with Crippen molar-refractivity contribution < 1.29 is 14.6 Å². The first-order valence-electron chi connectivity index (χ1n) is 4.54. The van der Waals surface area contributed by atoms with Gasteiger partial charge in [-0.15, -0.1) is 0 Å². The minimum atomic E-state index is -0.866. The fraction of sp³-hybridized carbons (Fsp3) is 0.889. The number of amides is 1. The molecule has 0 aromatic heterocycles. The minimum absolute atomic E-state index is 0.256. The summed E-state index contributed by atoms with van der Waals surface area (Å²) in [6.07, 6.45) is -0.554. The van der Waals surface area contributed by atoms with Crippen molar-refractivity contribution in [3.05, 3.63) is 0 Å². The number of hydrogen-bond acceptors (Lipinski definition) is 4. The highest BCUT2D eigenvalue weighted by atomic mass is 16.6. The van der Waals surface area contributed by atoms with Gasteiger partial charge in [-0.3, -0.25) is 5.43 Å². The summed E-state index contributed by atoms with van der Waals surface area (Å²) < 4.78 is 4.96. The van der Waals surface area contributed by atoms with Crippen LogP contribution in [0.15, 0.2) is 0 Å². The molecule has 84 valence electrons. The molecule has 0 bridgehead atoms. The maximum absolute atomic E-state index is 11.1. The van der Waals surface area contributed by atoms with Crippen LogP contribution in [0, 0.1) is 0 Å². The van der Waals surface area contributed by atoms with Crippen LogP contribution in [0.5, 0.6) is 0 Å². The van der Waals surface area contributed by atoms with Crippen molar-refractivity contribution in [3.63, 3.8) is 0 Å². The Bertz CT molecular complexity index is 191. The monoisotopic (exact) mass is 204 g/mol. The van der Waals surface area contributed by atoms with Crippen molar-refractivity contribution in [2.24, 2.45) is 0 Å². The highest BCUT2D eigenvalue weighted by Gasteiger charge is 2.17. The molecule has 14 heavy (non-hydrogen) atoms. The van der Waals surface area contributed by atoms with Crippen molar-refractivity contribution >= 4 is 6.09 Å². The fourth-order valence-corrected chi connectivity index (χ4v) is 0.636. The molecular weight excluding hydrogens is 184 g/mol. The van der Waals surface area contributed by atoms with E-state index in [0.29, 0.717) is 0 Å². The summed E-state index contributed by atoms with van der Waals surface area (Å²) in [4.78, 5) is 11.1. The molecule has 0 rings (SSSR count).